The molecule has 1 heterocycles. The molecule has 4 aromatic carbocycles. The molecule has 0 bridgehead atoms. The number of carboxylic acids is 1. The molecular formula is C31H24N4O4. The van der Waals surface area contributed by atoms with Gasteiger partial charge in [0.1, 0.15) is 12.2 Å². The third kappa shape index (κ3) is 6.08. The van der Waals surface area contributed by atoms with Gasteiger partial charge >= 0.3 is 5.97 Å². The number of nitrogens with zero attached hydrogens (tertiary/aromatic N) is 2. The van der Waals surface area contributed by atoms with Crippen LogP contribution in [-0.2, 0) is 4.79 Å². The number of carboxylic acid groups (broad SMARTS) is 1. The topological polar surface area (TPSA) is 112 Å². The molecule has 0 aliphatic carbocycles. The third-order valence-electron chi connectivity index (χ3n) is 5.99. The molecule has 1 aromatic heterocycles. The highest BCUT2D eigenvalue weighted by atomic mass is 16.4. The van der Waals surface area contributed by atoms with E-state index in [1.54, 1.807) is 18.2 Å². The van der Waals surface area contributed by atoms with Crippen LogP contribution < -0.4 is 15.5 Å². The Morgan fingerprint density at radius 2 is 1.28 bits per heavy atom. The van der Waals surface area contributed by atoms with Crippen LogP contribution in [0.25, 0.3) is 10.9 Å². The summed E-state index contributed by atoms with van der Waals surface area (Å²) in [5, 5.41) is 16.0. The summed E-state index contributed by atoms with van der Waals surface area (Å²) in [5.74, 6) is -2.06. The Labute approximate surface area is 224 Å². The van der Waals surface area contributed by atoms with E-state index in [4.69, 9.17) is 0 Å². The van der Waals surface area contributed by atoms with Crippen LogP contribution in [0.5, 0.6) is 0 Å². The Balaban J connectivity index is 1.37. The van der Waals surface area contributed by atoms with Crippen molar-refractivity contribution in [1.29, 1.82) is 0 Å². The molecule has 3 N–H and O–H groups in total. The van der Waals surface area contributed by atoms with Crippen LogP contribution in [-0.4, -0.2) is 34.4 Å². The van der Waals surface area contributed by atoms with E-state index in [9.17, 15) is 19.5 Å². The van der Waals surface area contributed by atoms with Gasteiger partial charge in [-0.15, -0.1) is 0 Å². The van der Waals surface area contributed by atoms with Gasteiger partial charge in [0.2, 0.25) is 5.91 Å². The number of hydrogen-bond acceptors (Lipinski definition) is 5. The van der Waals surface area contributed by atoms with Gasteiger partial charge in [-0.2, -0.15) is 0 Å². The summed E-state index contributed by atoms with van der Waals surface area (Å²) in [6, 6.07) is 34.0. The maximum Gasteiger partial charge on any atom is 0.335 e. The van der Waals surface area contributed by atoms with Crippen molar-refractivity contribution in [3.05, 3.63) is 127 Å². The van der Waals surface area contributed by atoms with E-state index in [0.717, 1.165) is 16.8 Å². The highest BCUT2D eigenvalue weighted by Gasteiger charge is 2.16. The molecule has 2 amide bonds. The second kappa shape index (κ2) is 11.3. The lowest BCUT2D eigenvalue weighted by Crippen LogP contribution is -2.29. The van der Waals surface area contributed by atoms with E-state index in [0.29, 0.717) is 5.52 Å². The number of carbonyl (C=O) groups excluding carboxylic acids is 2. The third-order valence-corrected chi connectivity index (χ3v) is 5.99. The number of rotatable bonds is 8. The normalized spacial score (nSPS) is 10.6. The molecule has 0 fully saturated rings. The number of anilines is 4. The number of fused-ring (bicyclic) bond motifs is 1. The number of carbonyl (C=O) groups is 3. The van der Waals surface area contributed by atoms with Crippen LogP contribution >= 0.6 is 0 Å². The van der Waals surface area contributed by atoms with Gasteiger partial charge in [0.05, 0.1) is 11.1 Å². The molecule has 0 saturated heterocycles. The van der Waals surface area contributed by atoms with E-state index < -0.39 is 11.9 Å². The van der Waals surface area contributed by atoms with E-state index in [-0.39, 0.29) is 35.1 Å². The first kappa shape index (κ1) is 25.2. The Hall–Kier alpha value is -5.50. The van der Waals surface area contributed by atoms with Gasteiger partial charge in [-0.05, 0) is 54.6 Å². The number of aromatic carboxylic acids is 1. The molecule has 8 nitrogen and oxygen atoms in total. The molecule has 8 heteroatoms. The van der Waals surface area contributed by atoms with E-state index >= 15 is 0 Å². The molecule has 5 aromatic rings. The maximum atomic E-state index is 13.1. The van der Waals surface area contributed by atoms with Crippen LogP contribution in [0.3, 0.4) is 0 Å². The van der Waals surface area contributed by atoms with Crippen molar-refractivity contribution in [3.63, 3.8) is 0 Å². The summed E-state index contributed by atoms with van der Waals surface area (Å²) in [7, 11) is 0. The van der Waals surface area contributed by atoms with Crippen LogP contribution in [0.2, 0.25) is 0 Å². The zero-order valence-corrected chi connectivity index (χ0v) is 20.7. The average Bonchev–Trinajstić information content (AvgIpc) is 2.96. The van der Waals surface area contributed by atoms with Crippen LogP contribution in [0, 0.1) is 0 Å². The van der Waals surface area contributed by atoms with Crippen molar-refractivity contribution in [3.8, 4) is 0 Å². The second-order valence-corrected chi connectivity index (χ2v) is 8.75. The lowest BCUT2D eigenvalue weighted by Gasteiger charge is -2.24. The fraction of sp³-hybridized carbons (Fsp3) is 0.0323. The largest absolute Gasteiger partial charge is 0.478 e. The quantitative estimate of drug-likeness (QED) is 0.235. The van der Waals surface area contributed by atoms with Crippen LogP contribution in [0.1, 0.15) is 20.8 Å². The van der Waals surface area contributed by atoms with Gasteiger partial charge in [0.25, 0.3) is 5.91 Å². The summed E-state index contributed by atoms with van der Waals surface area (Å²) in [5.41, 5.74) is 2.87. The Bertz CT molecular complexity index is 1620. The van der Waals surface area contributed by atoms with Gasteiger partial charge in [-0.1, -0.05) is 60.7 Å². The molecule has 0 atom stereocenters. The Morgan fingerprint density at radius 1 is 0.692 bits per heavy atom. The molecule has 39 heavy (non-hydrogen) atoms. The number of para-hydroxylation sites is 3. The van der Waals surface area contributed by atoms with Gasteiger partial charge in [0, 0.05) is 28.1 Å². The molecule has 0 unspecified atom stereocenters. The van der Waals surface area contributed by atoms with Crippen molar-refractivity contribution in [2.45, 2.75) is 0 Å². The molecule has 192 valence electrons. The molecule has 0 spiro atoms. The number of benzene rings is 4. The minimum Gasteiger partial charge on any atom is -0.478 e. The predicted octanol–water partition coefficient (Wildman–Crippen LogP) is 5.96. The van der Waals surface area contributed by atoms with Crippen molar-refractivity contribution >= 4 is 51.4 Å². The summed E-state index contributed by atoms with van der Waals surface area (Å²) >= 11 is 0. The first-order valence-corrected chi connectivity index (χ1v) is 12.2. The first-order chi connectivity index (χ1) is 19.0. The van der Waals surface area contributed by atoms with E-state index in [1.807, 2.05) is 83.8 Å². The lowest BCUT2D eigenvalue weighted by atomic mass is 10.1. The molecule has 0 aliphatic heterocycles. The predicted molar refractivity (Wildman–Crippen MR) is 152 cm³/mol. The zero-order valence-electron chi connectivity index (χ0n) is 20.7. The number of amides is 2. The zero-order chi connectivity index (χ0) is 27.2. The number of hydrogen-bond donors (Lipinski definition) is 3. The summed E-state index contributed by atoms with van der Waals surface area (Å²) < 4.78 is 0. The van der Waals surface area contributed by atoms with Crippen molar-refractivity contribution < 1.29 is 19.5 Å². The fourth-order valence-corrected chi connectivity index (χ4v) is 4.17. The number of pyridine rings is 1. The van der Waals surface area contributed by atoms with Crippen molar-refractivity contribution in [2.75, 3.05) is 22.1 Å². The van der Waals surface area contributed by atoms with Gasteiger partial charge < -0.3 is 20.6 Å². The molecule has 0 aliphatic rings. The minimum absolute atomic E-state index is 0.0198. The highest BCUT2D eigenvalue weighted by Crippen LogP contribution is 2.25. The first-order valence-electron chi connectivity index (χ1n) is 12.2. The monoisotopic (exact) mass is 516 g/mol. The van der Waals surface area contributed by atoms with Crippen LogP contribution in [0.15, 0.2) is 115 Å². The van der Waals surface area contributed by atoms with Gasteiger partial charge in [-0.25, -0.2) is 9.78 Å². The van der Waals surface area contributed by atoms with Crippen LogP contribution in [0.4, 0.5) is 22.7 Å². The fourth-order valence-electron chi connectivity index (χ4n) is 4.17. The lowest BCUT2D eigenvalue weighted by molar-refractivity contribution is -0.114. The summed E-state index contributed by atoms with van der Waals surface area (Å²) in [6.45, 7) is -0.0198. The standard InChI is InChI=1S/C31H24N4O4/c36-29(20-35(25-10-3-1-4-11-25)26-12-5-2-6-13-26)32-23-17-22(31(38)39)18-24(19-23)33-30(37)28-16-15-21-9-7-8-14-27(21)34-28/h1-19H,20H2,(H,32,36)(H,33,37)(H,38,39). The van der Waals surface area contributed by atoms with Crippen molar-refractivity contribution in [1.82, 2.24) is 4.98 Å². The Kier molecular flexibility index (Phi) is 7.27. The highest BCUT2D eigenvalue weighted by molar-refractivity contribution is 6.05. The SMILES string of the molecule is O=C(CN(c1ccccc1)c1ccccc1)Nc1cc(NC(=O)c2ccc3ccccc3n2)cc(C(=O)O)c1. The van der Waals surface area contributed by atoms with E-state index in [1.165, 1.54) is 18.2 Å². The van der Waals surface area contributed by atoms with Crippen molar-refractivity contribution in [2.24, 2.45) is 0 Å². The van der Waals surface area contributed by atoms with E-state index in [2.05, 4.69) is 15.6 Å². The maximum absolute atomic E-state index is 13.1. The Morgan fingerprint density at radius 3 is 1.92 bits per heavy atom. The second-order valence-electron chi connectivity index (χ2n) is 8.75. The molecule has 0 radical (unpaired) electrons. The average molecular weight is 517 g/mol. The summed E-state index contributed by atoms with van der Waals surface area (Å²) in [4.78, 5) is 44.1. The minimum atomic E-state index is -1.19. The molecule has 5 rings (SSSR count). The van der Waals surface area contributed by atoms with Gasteiger partial charge in [0.15, 0.2) is 0 Å². The summed E-state index contributed by atoms with van der Waals surface area (Å²) in [6.07, 6.45) is 0. The molecular weight excluding hydrogens is 492 g/mol. The number of aromatic nitrogens is 1. The van der Waals surface area contributed by atoms with Gasteiger partial charge in [-0.3, -0.25) is 9.59 Å². The molecule has 0 saturated carbocycles. The smallest absolute Gasteiger partial charge is 0.335 e. The number of nitrogens with one attached hydrogen (secondary N) is 2.